The molecule has 0 aliphatic heterocycles. The van der Waals surface area contributed by atoms with Crippen LogP contribution in [0.4, 0.5) is 0 Å². The number of ether oxygens (including phenoxy) is 2. The Hall–Kier alpha value is -0.660. The third-order valence-corrected chi connectivity index (χ3v) is 2.32. The lowest BCUT2D eigenvalue weighted by molar-refractivity contribution is -0.165. The largest absolute Gasteiger partial charge is 0.467 e. The van der Waals surface area contributed by atoms with Crippen molar-refractivity contribution < 1.29 is 26.9 Å². The molecule has 0 unspecified atom stereocenters. The Morgan fingerprint density at radius 1 is 1.25 bits per heavy atom. The van der Waals surface area contributed by atoms with Gasteiger partial charge in [0.05, 0.1) is 26.6 Å². The SMILES string of the molecule is COC(=O)C(C)(C)OCCCOS(C)(=O)=O. The Labute approximate surface area is 96.0 Å². The van der Waals surface area contributed by atoms with Gasteiger partial charge in [-0.3, -0.25) is 4.18 Å². The highest BCUT2D eigenvalue weighted by molar-refractivity contribution is 7.85. The Kier molecular flexibility index (Phi) is 5.91. The van der Waals surface area contributed by atoms with E-state index in [0.29, 0.717) is 6.42 Å². The second-order valence-electron chi connectivity index (χ2n) is 3.73. The van der Waals surface area contributed by atoms with Crippen LogP contribution in [0.3, 0.4) is 0 Å². The first-order chi connectivity index (χ1) is 7.19. The first-order valence-corrected chi connectivity index (χ1v) is 6.57. The van der Waals surface area contributed by atoms with E-state index in [-0.39, 0.29) is 13.2 Å². The molecule has 0 aliphatic carbocycles. The fraction of sp³-hybridized carbons (Fsp3) is 0.889. The summed E-state index contributed by atoms with van der Waals surface area (Å²) in [4.78, 5) is 11.2. The van der Waals surface area contributed by atoms with Gasteiger partial charge in [0.1, 0.15) is 0 Å². The lowest BCUT2D eigenvalue weighted by atomic mass is 10.1. The molecule has 0 saturated carbocycles. The second-order valence-corrected chi connectivity index (χ2v) is 5.37. The normalized spacial score (nSPS) is 12.5. The van der Waals surface area contributed by atoms with Gasteiger partial charge >= 0.3 is 5.97 Å². The smallest absolute Gasteiger partial charge is 0.337 e. The van der Waals surface area contributed by atoms with E-state index in [2.05, 4.69) is 8.92 Å². The number of carbonyl (C=O) groups excluding carboxylic acids is 1. The highest BCUT2D eigenvalue weighted by Crippen LogP contribution is 2.11. The van der Waals surface area contributed by atoms with Crippen molar-refractivity contribution in [2.45, 2.75) is 25.9 Å². The van der Waals surface area contributed by atoms with Crippen LogP contribution in [0.1, 0.15) is 20.3 Å². The summed E-state index contributed by atoms with van der Waals surface area (Å²) in [6, 6.07) is 0. The molecule has 96 valence electrons. The van der Waals surface area contributed by atoms with E-state index in [1.807, 2.05) is 0 Å². The van der Waals surface area contributed by atoms with E-state index in [1.165, 1.54) is 7.11 Å². The van der Waals surface area contributed by atoms with Crippen molar-refractivity contribution in [3.8, 4) is 0 Å². The van der Waals surface area contributed by atoms with Crippen LogP contribution in [-0.2, 0) is 28.6 Å². The molecule has 16 heavy (non-hydrogen) atoms. The summed E-state index contributed by atoms with van der Waals surface area (Å²) in [5, 5.41) is 0. The van der Waals surface area contributed by atoms with Crippen LogP contribution < -0.4 is 0 Å². The van der Waals surface area contributed by atoms with E-state index in [0.717, 1.165) is 6.26 Å². The molecule has 0 amide bonds. The van der Waals surface area contributed by atoms with Crippen molar-refractivity contribution in [3.05, 3.63) is 0 Å². The maximum absolute atomic E-state index is 11.2. The quantitative estimate of drug-likeness (QED) is 0.370. The van der Waals surface area contributed by atoms with Crippen LogP contribution >= 0.6 is 0 Å². The molecular formula is C9H18O6S. The summed E-state index contributed by atoms with van der Waals surface area (Å²) in [6.45, 7) is 3.42. The minimum absolute atomic E-state index is 0.0378. The summed E-state index contributed by atoms with van der Waals surface area (Å²) in [5.41, 5.74) is -1.03. The summed E-state index contributed by atoms with van der Waals surface area (Å²) in [5.74, 6) is -0.475. The molecule has 0 heterocycles. The van der Waals surface area contributed by atoms with Gasteiger partial charge in [0, 0.05) is 0 Å². The van der Waals surface area contributed by atoms with E-state index in [1.54, 1.807) is 13.8 Å². The highest BCUT2D eigenvalue weighted by Gasteiger charge is 2.29. The number of rotatable bonds is 7. The highest BCUT2D eigenvalue weighted by atomic mass is 32.2. The van der Waals surface area contributed by atoms with E-state index >= 15 is 0 Å². The average molecular weight is 254 g/mol. The van der Waals surface area contributed by atoms with Crippen molar-refractivity contribution in [1.29, 1.82) is 0 Å². The summed E-state index contributed by atoms with van der Waals surface area (Å²) in [6.07, 6.45) is 1.36. The van der Waals surface area contributed by atoms with E-state index in [4.69, 9.17) is 4.74 Å². The number of hydrogen-bond acceptors (Lipinski definition) is 6. The molecule has 0 N–H and O–H groups in total. The summed E-state index contributed by atoms with van der Waals surface area (Å²) < 4.78 is 35.5. The second kappa shape index (κ2) is 6.17. The monoisotopic (exact) mass is 254 g/mol. The van der Waals surface area contributed by atoms with Crippen LogP contribution in [0.5, 0.6) is 0 Å². The molecule has 0 atom stereocenters. The van der Waals surface area contributed by atoms with Gasteiger partial charge in [-0.2, -0.15) is 8.42 Å². The average Bonchev–Trinajstić information content (AvgIpc) is 2.14. The van der Waals surface area contributed by atoms with Gasteiger partial charge in [-0.25, -0.2) is 4.79 Å². The zero-order chi connectivity index (χ0) is 12.8. The topological polar surface area (TPSA) is 78.9 Å². The molecule has 0 saturated heterocycles. The molecule has 0 rings (SSSR count). The van der Waals surface area contributed by atoms with Crippen LogP contribution in [0.2, 0.25) is 0 Å². The first-order valence-electron chi connectivity index (χ1n) is 4.76. The van der Waals surface area contributed by atoms with Gasteiger partial charge in [0.25, 0.3) is 10.1 Å². The van der Waals surface area contributed by atoms with Crippen molar-refractivity contribution in [3.63, 3.8) is 0 Å². The predicted octanol–water partition coefficient (Wildman–Crippen LogP) is 0.321. The molecule has 0 aromatic rings. The molecule has 6 nitrogen and oxygen atoms in total. The number of carbonyl (C=O) groups is 1. The maximum atomic E-state index is 11.2. The number of esters is 1. The lowest BCUT2D eigenvalue weighted by Crippen LogP contribution is -2.36. The third-order valence-electron chi connectivity index (χ3n) is 1.73. The van der Waals surface area contributed by atoms with Gasteiger partial charge in [0.2, 0.25) is 0 Å². The minimum Gasteiger partial charge on any atom is -0.467 e. The van der Waals surface area contributed by atoms with Gasteiger partial charge in [0.15, 0.2) is 5.60 Å². The van der Waals surface area contributed by atoms with Gasteiger partial charge in [-0.15, -0.1) is 0 Å². The molecule has 0 aliphatic rings. The minimum atomic E-state index is -3.41. The molecular weight excluding hydrogens is 236 g/mol. The summed E-state index contributed by atoms with van der Waals surface area (Å²) in [7, 11) is -2.13. The Bertz CT molecular complexity index is 319. The molecule has 0 aromatic heterocycles. The fourth-order valence-corrected chi connectivity index (χ4v) is 1.32. The van der Waals surface area contributed by atoms with Crippen molar-refractivity contribution >= 4 is 16.1 Å². The van der Waals surface area contributed by atoms with Crippen molar-refractivity contribution in [2.24, 2.45) is 0 Å². The van der Waals surface area contributed by atoms with Gasteiger partial charge in [-0.05, 0) is 20.3 Å². The molecule has 0 bridgehead atoms. The van der Waals surface area contributed by atoms with Gasteiger partial charge < -0.3 is 9.47 Å². The Morgan fingerprint density at radius 3 is 2.25 bits per heavy atom. The number of methoxy groups -OCH3 is 1. The van der Waals surface area contributed by atoms with Crippen LogP contribution in [0.15, 0.2) is 0 Å². The van der Waals surface area contributed by atoms with Crippen LogP contribution in [0, 0.1) is 0 Å². The summed E-state index contributed by atoms with van der Waals surface area (Å²) >= 11 is 0. The predicted molar refractivity (Wildman–Crippen MR) is 57.5 cm³/mol. The van der Waals surface area contributed by atoms with Crippen molar-refractivity contribution in [1.82, 2.24) is 0 Å². The van der Waals surface area contributed by atoms with Crippen molar-refractivity contribution in [2.75, 3.05) is 26.6 Å². The first kappa shape index (κ1) is 15.3. The Balaban J connectivity index is 3.78. The van der Waals surface area contributed by atoms with Gasteiger partial charge in [-0.1, -0.05) is 0 Å². The molecule has 0 aromatic carbocycles. The lowest BCUT2D eigenvalue weighted by Gasteiger charge is -2.21. The fourth-order valence-electron chi connectivity index (χ4n) is 0.901. The molecule has 0 fully saturated rings. The standard InChI is InChI=1S/C9H18O6S/c1-9(2,8(10)13-3)14-6-5-7-15-16(4,11)12/h5-7H2,1-4H3. The number of hydrogen-bond donors (Lipinski definition) is 0. The van der Waals surface area contributed by atoms with Crippen LogP contribution in [-0.4, -0.2) is 46.6 Å². The molecule has 7 heteroatoms. The van der Waals surface area contributed by atoms with Crippen LogP contribution in [0.25, 0.3) is 0 Å². The maximum Gasteiger partial charge on any atom is 0.337 e. The molecule has 0 spiro atoms. The zero-order valence-corrected chi connectivity index (χ0v) is 10.8. The third kappa shape index (κ3) is 6.76. The van der Waals surface area contributed by atoms with E-state index in [9.17, 15) is 13.2 Å². The van der Waals surface area contributed by atoms with E-state index < -0.39 is 21.7 Å². The molecule has 0 radical (unpaired) electrons. The zero-order valence-electron chi connectivity index (χ0n) is 9.98. The Morgan fingerprint density at radius 2 is 1.81 bits per heavy atom.